The number of esters is 2. The Morgan fingerprint density at radius 1 is 0.941 bits per heavy atom. The molecule has 1 saturated heterocycles. The van der Waals surface area contributed by atoms with Gasteiger partial charge in [-0.25, -0.2) is 0 Å². The summed E-state index contributed by atoms with van der Waals surface area (Å²) in [5.74, 6) is -0.538. The minimum absolute atomic E-state index is 0.0406. The lowest BCUT2D eigenvalue weighted by molar-refractivity contribution is -0.263. The molecule has 5 nitrogen and oxygen atoms in total. The van der Waals surface area contributed by atoms with Crippen molar-refractivity contribution >= 4 is 11.9 Å². The molecule has 0 aliphatic carbocycles. The first kappa shape index (κ1) is 14.0. The first-order valence-corrected chi connectivity index (χ1v) is 5.82. The number of carbonyl (C=O) groups excluding carboxylic acids is 2. The predicted molar refractivity (Wildman–Crippen MR) is 60.0 cm³/mol. The SMILES string of the molecule is CC(=O)OC1O[C@@H](C)[C@@H](C)[C@@H](C)[C@@H]1OC(C)=O. The molecule has 1 aliphatic heterocycles. The quantitative estimate of drug-likeness (QED) is 0.689. The summed E-state index contributed by atoms with van der Waals surface area (Å²) in [6.45, 7) is 8.55. The van der Waals surface area contributed by atoms with Crippen LogP contribution >= 0.6 is 0 Å². The van der Waals surface area contributed by atoms with Crippen molar-refractivity contribution in [3.05, 3.63) is 0 Å². The summed E-state index contributed by atoms with van der Waals surface area (Å²) in [7, 11) is 0. The van der Waals surface area contributed by atoms with Crippen molar-refractivity contribution in [3.8, 4) is 0 Å². The Labute approximate surface area is 101 Å². The van der Waals surface area contributed by atoms with Crippen LogP contribution in [0.25, 0.3) is 0 Å². The van der Waals surface area contributed by atoms with E-state index in [0.29, 0.717) is 0 Å². The second-order valence-corrected chi connectivity index (χ2v) is 4.61. The van der Waals surface area contributed by atoms with E-state index in [1.165, 1.54) is 13.8 Å². The number of hydrogen-bond acceptors (Lipinski definition) is 5. The molecule has 98 valence electrons. The van der Waals surface area contributed by atoms with Crippen molar-refractivity contribution in [2.24, 2.45) is 11.8 Å². The van der Waals surface area contributed by atoms with E-state index in [2.05, 4.69) is 0 Å². The van der Waals surface area contributed by atoms with Gasteiger partial charge in [0, 0.05) is 19.8 Å². The zero-order valence-corrected chi connectivity index (χ0v) is 10.9. The zero-order chi connectivity index (χ0) is 13.2. The van der Waals surface area contributed by atoms with Crippen LogP contribution in [0.3, 0.4) is 0 Å². The Kier molecular flexibility index (Phi) is 4.51. The maximum Gasteiger partial charge on any atom is 0.305 e. The van der Waals surface area contributed by atoms with Gasteiger partial charge in [-0.2, -0.15) is 0 Å². The van der Waals surface area contributed by atoms with E-state index in [-0.39, 0.29) is 17.9 Å². The molecule has 1 heterocycles. The van der Waals surface area contributed by atoms with E-state index in [1.54, 1.807) is 0 Å². The molecule has 0 saturated carbocycles. The van der Waals surface area contributed by atoms with E-state index in [4.69, 9.17) is 14.2 Å². The van der Waals surface area contributed by atoms with Gasteiger partial charge in [-0.3, -0.25) is 9.59 Å². The highest BCUT2D eigenvalue weighted by Gasteiger charge is 2.43. The molecule has 0 radical (unpaired) electrons. The van der Waals surface area contributed by atoms with Crippen LogP contribution in [0.2, 0.25) is 0 Å². The average molecular weight is 244 g/mol. The molecule has 0 amide bonds. The van der Waals surface area contributed by atoms with Crippen molar-refractivity contribution < 1.29 is 23.8 Å². The lowest BCUT2D eigenvalue weighted by Gasteiger charge is -2.42. The van der Waals surface area contributed by atoms with Crippen molar-refractivity contribution in [3.63, 3.8) is 0 Å². The monoisotopic (exact) mass is 244 g/mol. The van der Waals surface area contributed by atoms with Crippen LogP contribution in [0.5, 0.6) is 0 Å². The topological polar surface area (TPSA) is 61.8 Å². The number of rotatable bonds is 2. The molecule has 0 aromatic rings. The molecule has 0 spiro atoms. The second-order valence-electron chi connectivity index (χ2n) is 4.61. The standard InChI is InChI=1S/C12H20O5/c1-6-7(2)11(16-9(4)13)12(15-8(6)3)17-10(5)14/h6-8,11-12H,1-5H3/t6-,7+,8-,11-,12?/m0/s1. The summed E-state index contributed by atoms with van der Waals surface area (Å²) >= 11 is 0. The maximum atomic E-state index is 11.1. The van der Waals surface area contributed by atoms with E-state index < -0.39 is 24.3 Å². The van der Waals surface area contributed by atoms with Gasteiger partial charge in [0.05, 0.1) is 6.10 Å². The number of carbonyl (C=O) groups is 2. The van der Waals surface area contributed by atoms with Gasteiger partial charge in [0.15, 0.2) is 6.10 Å². The molecule has 5 atom stereocenters. The Morgan fingerprint density at radius 2 is 1.47 bits per heavy atom. The van der Waals surface area contributed by atoms with Gasteiger partial charge in [-0.05, 0) is 12.8 Å². The smallest absolute Gasteiger partial charge is 0.305 e. The Hall–Kier alpha value is -1.10. The van der Waals surface area contributed by atoms with Crippen LogP contribution in [0, 0.1) is 11.8 Å². The number of ether oxygens (including phenoxy) is 3. The third kappa shape index (κ3) is 3.43. The summed E-state index contributed by atoms with van der Waals surface area (Å²) in [6, 6.07) is 0. The van der Waals surface area contributed by atoms with Gasteiger partial charge in [-0.1, -0.05) is 13.8 Å². The van der Waals surface area contributed by atoms with Gasteiger partial charge in [0.2, 0.25) is 6.29 Å². The van der Waals surface area contributed by atoms with Gasteiger partial charge in [-0.15, -0.1) is 0 Å². The van der Waals surface area contributed by atoms with Gasteiger partial charge < -0.3 is 14.2 Å². The van der Waals surface area contributed by atoms with Crippen LogP contribution in [0.4, 0.5) is 0 Å². The van der Waals surface area contributed by atoms with Crippen LogP contribution < -0.4 is 0 Å². The summed E-state index contributed by atoms with van der Waals surface area (Å²) in [5.41, 5.74) is 0. The molecule has 1 fully saturated rings. The maximum absolute atomic E-state index is 11.1. The second kappa shape index (κ2) is 5.49. The molecule has 0 aromatic heterocycles. The summed E-state index contributed by atoms with van der Waals surface area (Å²) in [4.78, 5) is 22.1. The highest BCUT2D eigenvalue weighted by atomic mass is 16.7. The molecule has 0 aromatic carbocycles. The third-order valence-corrected chi connectivity index (χ3v) is 3.29. The fourth-order valence-corrected chi connectivity index (χ4v) is 2.00. The largest absolute Gasteiger partial charge is 0.456 e. The zero-order valence-electron chi connectivity index (χ0n) is 10.9. The van der Waals surface area contributed by atoms with E-state index in [0.717, 1.165) is 0 Å². The van der Waals surface area contributed by atoms with Crippen LogP contribution in [0.15, 0.2) is 0 Å². The molecular formula is C12H20O5. The van der Waals surface area contributed by atoms with Crippen LogP contribution in [0.1, 0.15) is 34.6 Å². The Balaban J connectivity index is 2.82. The van der Waals surface area contributed by atoms with E-state index >= 15 is 0 Å². The Bertz CT molecular complexity index is 301. The molecule has 1 rings (SSSR count). The lowest BCUT2D eigenvalue weighted by atomic mass is 9.84. The van der Waals surface area contributed by atoms with Gasteiger partial charge in [0.25, 0.3) is 0 Å². The summed E-state index contributed by atoms with van der Waals surface area (Å²) in [5, 5.41) is 0. The molecule has 0 bridgehead atoms. The molecule has 5 heteroatoms. The molecule has 1 unspecified atom stereocenters. The first-order chi connectivity index (χ1) is 7.82. The van der Waals surface area contributed by atoms with Crippen LogP contribution in [-0.2, 0) is 23.8 Å². The van der Waals surface area contributed by atoms with Crippen molar-refractivity contribution in [2.75, 3.05) is 0 Å². The lowest BCUT2D eigenvalue weighted by Crippen LogP contribution is -2.51. The number of hydrogen-bond donors (Lipinski definition) is 0. The fourth-order valence-electron chi connectivity index (χ4n) is 2.00. The van der Waals surface area contributed by atoms with Gasteiger partial charge >= 0.3 is 11.9 Å². The third-order valence-electron chi connectivity index (χ3n) is 3.29. The summed E-state index contributed by atoms with van der Waals surface area (Å²) < 4.78 is 15.8. The summed E-state index contributed by atoms with van der Waals surface area (Å²) in [6.07, 6.45) is -1.39. The highest BCUT2D eigenvalue weighted by molar-refractivity contribution is 5.67. The molecule has 0 N–H and O–H groups in total. The van der Waals surface area contributed by atoms with E-state index in [1.807, 2.05) is 20.8 Å². The Morgan fingerprint density at radius 3 is 1.94 bits per heavy atom. The molecule has 17 heavy (non-hydrogen) atoms. The normalized spacial score (nSPS) is 37.4. The minimum atomic E-state index is -0.808. The van der Waals surface area contributed by atoms with Crippen molar-refractivity contribution in [2.45, 2.75) is 53.1 Å². The average Bonchev–Trinajstić information content (AvgIpc) is 2.20. The molecular weight excluding hydrogens is 224 g/mol. The minimum Gasteiger partial charge on any atom is -0.456 e. The fraction of sp³-hybridized carbons (Fsp3) is 0.833. The van der Waals surface area contributed by atoms with Crippen LogP contribution in [-0.4, -0.2) is 30.4 Å². The molecule has 1 aliphatic rings. The predicted octanol–water partition coefficient (Wildman–Crippen LogP) is 1.50. The van der Waals surface area contributed by atoms with Gasteiger partial charge in [0.1, 0.15) is 0 Å². The van der Waals surface area contributed by atoms with Crippen molar-refractivity contribution in [1.29, 1.82) is 0 Å². The van der Waals surface area contributed by atoms with Crippen molar-refractivity contribution in [1.82, 2.24) is 0 Å². The highest BCUT2D eigenvalue weighted by Crippen LogP contribution is 2.33. The first-order valence-electron chi connectivity index (χ1n) is 5.82. The van der Waals surface area contributed by atoms with E-state index in [9.17, 15) is 9.59 Å².